The second-order valence-electron chi connectivity index (χ2n) is 8.71. The number of fused-ring (bicyclic) bond motifs is 1. The number of hydrogen-bond donors (Lipinski definition) is 2. The molecule has 8 nitrogen and oxygen atoms in total. The molecule has 0 saturated carbocycles. The lowest BCUT2D eigenvalue weighted by Crippen LogP contribution is -2.40. The van der Waals surface area contributed by atoms with Crippen molar-refractivity contribution in [2.75, 3.05) is 18.8 Å². The SMILES string of the molecule is CC#CC(=O)N1CCCC(n2cc(-c3ccc(Oc4c(F)cccc4F)cc3)c3c(N)n[nH]c(=O)c32)C1. The Hall–Kier alpha value is -4.65. The third-order valence-corrected chi connectivity index (χ3v) is 6.39. The molecule has 1 aliphatic rings. The summed E-state index contributed by atoms with van der Waals surface area (Å²) in [5.74, 6) is 3.24. The predicted molar refractivity (Wildman–Crippen MR) is 135 cm³/mol. The van der Waals surface area contributed by atoms with Crippen LogP contribution in [0.5, 0.6) is 11.5 Å². The van der Waals surface area contributed by atoms with Gasteiger partial charge in [0.2, 0.25) is 0 Å². The number of nitrogen functional groups attached to an aromatic ring is 1. The molecule has 0 spiro atoms. The predicted octanol–water partition coefficient (Wildman–Crippen LogP) is 4.23. The first-order chi connectivity index (χ1) is 17.9. The Morgan fingerprint density at radius 3 is 2.62 bits per heavy atom. The van der Waals surface area contributed by atoms with Gasteiger partial charge in [-0.25, -0.2) is 13.9 Å². The topological polar surface area (TPSA) is 106 Å². The van der Waals surface area contributed by atoms with Gasteiger partial charge in [-0.2, -0.15) is 5.10 Å². The molecule has 2 aromatic carbocycles. The van der Waals surface area contributed by atoms with Crippen molar-refractivity contribution in [3.05, 3.63) is 70.6 Å². The molecule has 1 unspecified atom stereocenters. The van der Waals surface area contributed by atoms with Crippen molar-refractivity contribution in [1.82, 2.24) is 19.7 Å². The number of nitrogens with one attached hydrogen (secondary N) is 1. The number of halogens is 2. The van der Waals surface area contributed by atoms with Crippen LogP contribution < -0.4 is 16.0 Å². The highest BCUT2D eigenvalue weighted by Crippen LogP contribution is 2.37. The van der Waals surface area contributed by atoms with Gasteiger partial charge in [-0.15, -0.1) is 0 Å². The molecule has 2 aromatic heterocycles. The molecule has 188 valence electrons. The zero-order valence-electron chi connectivity index (χ0n) is 19.9. The fraction of sp³-hybridized carbons (Fsp3) is 0.222. The minimum Gasteiger partial charge on any atom is -0.451 e. The Bertz CT molecular complexity index is 1600. The molecule has 1 amide bonds. The number of para-hydroxylation sites is 1. The minimum atomic E-state index is -0.810. The maximum atomic E-state index is 14.0. The number of aromatic nitrogens is 3. The number of piperidine rings is 1. The highest BCUT2D eigenvalue weighted by atomic mass is 19.1. The lowest BCUT2D eigenvalue weighted by atomic mass is 10.1. The molecule has 1 atom stereocenters. The highest BCUT2D eigenvalue weighted by molar-refractivity contribution is 6.02. The average Bonchev–Trinajstić information content (AvgIpc) is 3.31. The average molecular weight is 504 g/mol. The van der Waals surface area contributed by atoms with Crippen LogP contribution in [0.2, 0.25) is 0 Å². The number of rotatable bonds is 4. The monoisotopic (exact) mass is 503 g/mol. The summed E-state index contributed by atoms with van der Waals surface area (Å²) in [5, 5.41) is 6.87. The largest absolute Gasteiger partial charge is 0.451 e. The molecule has 5 rings (SSSR count). The highest BCUT2D eigenvalue weighted by Gasteiger charge is 2.27. The molecule has 0 aliphatic carbocycles. The Labute approximate surface area is 210 Å². The van der Waals surface area contributed by atoms with Crippen molar-refractivity contribution in [3.8, 4) is 34.5 Å². The standard InChI is InChI=1S/C27H23F2N5O3/c1-2-5-22(35)33-13-4-6-17(14-33)34-15-19(23-24(34)27(36)32-31-26(23)30)16-9-11-18(12-10-16)37-25-20(28)7-3-8-21(25)29/h3,7-12,15,17H,4,6,13-14H2,1H3,(H2,30,31)(H,32,36). The number of carbonyl (C=O) groups is 1. The van der Waals surface area contributed by atoms with Gasteiger partial charge in [0, 0.05) is 24.8 Å². The maximum Gasteiger partial charge on any atom is 0.298 e. The fourth-order valence-corrected chi connectivity index (χ4v) is 4.69. The van der Waals surface area contributed by atoms with E-state index in [1.54, 1.807) is 36.1 Å². The van der Waals surface area contributed by atoms with Crippen LogP contribution in [0.15, 0.2) is 53.5 Å². The van der Waals surface area contributed by atoms with Crippen LogP contribution in [0.3, 0.4) is 0 Å². The van der Waals surface area contributed by atoms with Crippen molar-refractivity contribution in [2.45, 2.75) is 25.8 Å². The lowest BCUT2D eigenvalue weighted by Gasteiger charge is -2.32. The van der Waals surface area contributed by atoms with E-state index in [1.807, 2.05) is 10.8 Å². The first-order valence-corrected chi connectivity index (χ1v) is 11.7. The van der Waals surface area contributed by atoms with Crippen molar-refractivity contribution in [1.29, 1.82) is 0 Å². The molecule has 3 heterocycles. The summed E-state index contributed by atoms with van der Waals surface area (Å²) >= 11 is 0. The molecule has 0 radical (unpaired) electrons. The molecule has 0 bridgehead atoms. The van der Waals surface area contributed by atoms with Gasteiger partial charge in [-0.3, -0.25) is 9.59 Å². The number of benzene rings is 2. The van der Waals surface area contributed by atoms with Gasteiger partial charge < -0.3 is 19.9 Å². The number of nitrogens with two attached hydrogens (primary N) is 1. The van der Waals surface area contributed by atoms with Crippen molar-refractivity contribution >= 4 is 22.6 Å². The maximum absolute atomic E-state index is 14.0. The van der Waals surface area contributed by atoms with Crippen molar-refractivity contribution in [2.24, 2.45) is 0 Å². The molecule has 1 fully saturated rings. The first kappa shape index (κ1) is 24.1. The molecule has 10 heteroatoms. The van der Waals surface area contributed by atoms with Crippen LogP contribution in [0, 0.1) is 23.5 Å². The summed E-state index contributed by atoms with van der Waals surface area (Å²) in [5.41, 5.74) is 7.52. The van der Waals surface area contributed by atoms with Gasteiger partial charge in [0.25, 0.3) is 11.5 Å². The van der Waals surface area contributed by atoms with Gasteiger partial charge in [0.1, 0.15) is 11.3 Å². The van der Waals surface area contributed by atoms with Gasteiger partial charge in [-0.05, 0) is 55.5 Å². The fourth-order valence-electron chi connectivity index (χ4n) is 4.69. The summed E-state index contributed by atoms with van der Waals surface area (Å²) in [7, 11) is 0. The molecule has 37 heavy (non-hydrogen) atoms. The molecule has 1 aliphatic heterocycles. The van der Waals surface area contributed by atoms with Crippen molar-refractivity contribution in [3.63, 3.8) is 0 Å². The summed E-state index contributed by atoms with van der Waals surface area (Å²) in [6.45, 7) is 2.61. The number of H-pyrrole nitrogens is 1. The summed E-state index contributed by atoms with van der Waals surface area (Å²) in [6.07, 6.45) is 3.34. The third kappa shape index (κ3) is 4.51. The van der Waals surface area contributed by atoms with Gasteiger partial charge >= 0.3 is 0 Å². The number of ether oxygens (including phenoxy) is 1. The minimum absolute atomic E-state index is 0.151. The van der Waals surface area contributed by atoms with Crippen LogP contribution in [-0.2, 0) is 4.79 Å². The van der Waals surface area contributed by atoms with E-state index in [-0.39, 0.29) is 23.5 Å². The number of amides is 1. The molecule has 3 N–H and O–H groups in total. The summed E-state index contributed by atoms with van der Waals surface area (Å²) < 4.78 is 35.2. The molecule has 4 aromatic rings. The molecular formula is C27H23F2N5O3. The Kier molecular flexibility index (Phi) is 6.36. The Balaban J connectivity index is 1.53. The number of aromatic amines is 1. The Morgan fingerprint density at radius 2 is 1.92 bits per heavy atom. The van der Waals surface area contributed by atoms with Gasteiger partial charge in [0.05, 0.1) is 11.4 Å². The number of carbonyl (C=O) groups excluding carboxylic acids is 1. The van der Waals surface area contributed by atoms with Crippen LogP contribution in [0.25, 0.3) is 22.0 Å². The summed E-state index contributed by atoms with van der Waals surface area (Å²) in [4.78, 5) is 27.0. The van der Waals surface area contributed by atoms with E-state index in [1.165, 1.54) is 6.07 Å². The Morgan fingerprint density at radius 1 is 1.19 bits per heavy atom. The van der Waals surface area contributed by atoms with Crippen LogP contribution in [-0.4, -0.2) is 38.7 Å². The van der Waals surface area contributed by atoms with E-state index < -0.39 is 22.9 Å². The number of likely N-dealkylation sites (tertiary alicyclic amines) is 1. The second-order valence-corrected chi connectivity index (χ2v) is 8.71. The quantitative estimate of drug-likeness (QED) is 0.406. The zero-order chi connectivity index (χ0) is 26.1. The van der Waals surface area contributed by atoms with E-state index in [0.29, 0.717) is 35.1 Å². The lowest BCUT2D eigenvalue weighted by molar-refractivity contribution is -0.126. The van der Waals surface area contributed by atoms with Crippen LogP contribution >= 0.6 is 0 Å². The van der Waals surface area contributed by atoms with Crippen LogP contribution in [0.1, 0.15) is 25.8 Å². The summed E-state index contributed by atoms with van der Waals surface area (Å²) in [6, 6.07) is 9.89. The van der Waals surface area contributed by atoms with E-state index >= 15 is 0 Å². The van der Waals surface area contributed by atoms with Gasteiger partial charge in [-0.1, -0.05) is 24.1 Å². The number of anilines is 1. The number of hydrogen-bond acceptors (Lipinski definition) is 5. The molecule has 1 saturated heterocycles. The molecular weight excluding hydrogens is 480 g/mol. The van der Waals surface area contributed by atoms with Crippen molar-refractivity contribution < 1.29 is 18.3 Å². The van der Waals surface area contributed by atoms with E-state index in [0.717, 1.165) is 25.0 Å². The third-order valence-electron chi connectivity index (χ3n) is 6.39. The van der Waals surface area contributed by atoms with Crippen LogP contribution in [0.4, 0.5) is 14.6 Å². The normalized spacial score (nSPS) is 15.3. The van der Waals surface area contributed by atoms with E-state index in [2.05, 4.69) is 22.0 Å². The second kappa shape index (κ2) is 9.78. The smallest absolute Gasteiger partial charge is 0.298 e. The van der Waals surface area contributed by atoms with E-state index in [9.17, 15) is 18.4 Å². The van der Waals surface area contributed by atoms with E-state index in [4.69, 9.17) is 10.5 Å². The first-order valence-electron chi connectivity index (χ1n) is 11.7. The van der Waals surface area contributed by atoms with Gasteiger partial charge in [0.15, 0.2) is 23.2 Å². The zero-order valence-corrected chi connectivity index (χ0v) is 19.9. The number of nitrogens with zero attached hydrogens (tertiary/aromatic N) is 3.